The van der Waals surface area contributed by atoms with Gasteiger partial charge in [0.15, 0.2) is 0 Å². The van der Waals surface area contributed by atoms with Crippen LogP contribution < -0.4 is 11.1 Å². The molecule has 1 atom stereocenters. The van der Waals surface area contributed by atoms with E-state index in [0.29, 0.717) is 16.5 Å². The molecule has 0 aliphatic heterocycles. The number of pyridine rings is 1. The van der Waals surface area contributed by atoms with Gasteiger partial charge in [-0.05, 0) is 23.9 Å². The number of nitrogen functional groups attached to an aromatic ring is 1. The first-order valence-electron chi connectivity index (χ1n) is 5.91. The van der Waals surface area contributed by atoms with Crippen LogP contribution in [0.25, 0.3) is 0 Å². The molecule has 0 aliphatic rings. The van der Waals surface area contributed by atoms with E-state index >= 15 is 0 Å². The number of nitrogens with zero attached hydrogens (tertiary/aromatic N) is 1. The van der Waals surface area contributed by atoms with E-state index in [4.69, 9.17) is 17.3 Å². The lowest BCUT2D eigenvalue weighted by Crippen LogP contribution is -2.10. The monoisotopic (exact) mass is 281 g/mol. The molecule has 0 saturated carbocycles. The second kappa shape index (κ2) is 6.07. The maximum absolute atomic E-state index is 6.13. The third-order valence-electron chi connectivity index (χ3n) is 2.64. The number of halogens is 1. The molecule has 5 heteroatoms. The van der Waals surface area contributed by atoms with Crippen molar-refractivity contribution in [2.45, 2.75) is 25.8 Å². The first-order chi connectivity index (χ1) is 8.70. The average molecular weight is 282 g/mol. The van der Waals surface area contributed by atoms with Crippen LogP contribution in [-0.4, -0.2) is 4.98 Å². The summed E-state index contributed by atoms with van der Waals surface area (Å²) in [5, 5.41) is 6.03. The van der Waals surface area contributed by atoms with E-state index in [0.717, 1.165) is 12.8 Å². The van der Waals surface area contributed by atoms with Crippen LogP contribution in [0.3, 0.4) is 0 Å². The van der Waals surface area contributed by atoms with E-state index in [9.17, 15) is 0 Å². The number of nitrogens with two attached hydrogens (primary N) is 1. The summed E-state index contributed by atoms with van der Waals surface area (Å²) in [5.41, 5.74) is 6.22. The van der Waals surface area contributed by atoms with Gasteiger partial charge in [-0.15, -0.1) is 11.3 Å². The predicted molar refractivity (Wildman–Crippen MR) is 79.3 cm³/mol. The van der Waals surface area contributed by atoms with Crippen molar-refractivity contribution in [3.05, 3.63) is 39.7 Å². The van der Waals surface area contributed by atoms with Gasteiger partial charge in [0.25, 0.3) is 0 Å². The molecule has 1 unspecified atom stereocenters. The van der Waals surface area contributed by atoms with Crippen LogP contribution >= 0.6 is 22.9 Å². The number of nitrogens with one attached hydrogen (secondary N) is 1. The van der Waals surface area contributed by atoms with Crippen LogP contribution in [-0.2, 0) is 0 Å². The summed E-state index contributed by atoms with van der Waals surface area (Å²) in [7, 11) is 0. The number of hydrogen-bond acceptors (Lipinski definition) is 4. The Balaban J connectivity index is 2.18. The van der Waals surface area contributed by atoms with Crippen molar-refractivity contribution < 1.29 is 0 Å². The number of anilines is 2. The molecule has 0 saturated heterocycles. The summed E-state index contributed by atoms with van der Waals surface area (Å²) >= 11 is 7.87. The Morgan fingerprint density at radius 2 is 2.39 bits per heavy atom. The molecule has 18 heavy (non-hydrogen) atoms. The highest BCUT2D eigenvalue weighted by atomic mass is 35.5. The lowest BCUT2D eigenvalue weighted by molar-refractivity contribution is 0.685. The number of rotatable bonds is 5. The second-order valence-corrected chi connectivity index (χ2v) is 5.49. The summed E-state index contributed by atoms with van der Waals surface area (Å²) in [5.74, 6) is 0.692. The summed E-state index contributed by atoms with van der Waals surface area (Å²) < 4.78 is 0. The van der Waals surface area contributed by atoms with E-state index in [1.807, 2.05) is 0 Å². The lowest BCUT2D eigenvalue weighted by Gasteiger charge is -2.18. The molecular formula is C13H16ClN3S. The summed E-state index contributed by atoms with van der Waals surface area (Å²) in [4.78, 5) is 5.54. The molecule has 3 N–H and O–H groups in total. The third kappa shape index (κ3) is 3.15. The molecule has 0 radical (unpaired) electrons. The molecule has 2 aromatic heterocycles. The molecule has 2 aromatic rings. The highest BCUT2D eigenvalue weighted by Gasteiger charge is 2.13. The molecule has 0 bridgehead atoms. The minimum atomic E-state index is 0.253. The van der Waals surface area contributed by atoms with Crippen molar-refractivity contribution in [3.63, 3.8) is 0 Å². The smallest absolute Gasteiger partial charge is 0.145 e. The predicted octanol–water partition coefficient (Wildman–Crippen LogP) is 4.33. The Bertz CT molecular complexity index is 499. The quantitative estimate of drug-likeness (QED) is 0.857. The van der Waals surface area contributed by atoms with Crippen molar-refractivity contribution >= 4 is 34.4 Å². The highest BCUT2D eigenvalue weighted by molar-refractivity contribution is 7.10. The molecular weight excluding hydrogens is 266 g/mol. The first kappa shape index (κ1) is 13.2. The summed E-state index contributed by atoms with van der Waals surface area (Å²) in [6.45, 7) is 2.17. The lowest BCUT2D eigenvalue weighted by atomic mass is 10.1. The molecule has 2 rings (SSSR count). The molecule has 3 nitrogen and oxygen atoms in total. The van der Waals surface area contributed by atoms with E-state index in [-0.39, 0.29) is 6.04 Å². The Morgan fingerprint density at radius 3 is 3.00 bits per heavy atom. The SMILES string of the molecule is CCCC(Nc1ncc(N)cc1Cl)c1cccs1. The van der Waals surface area contributed by atoms with Gasteiger partial charge in [-0.3, -0.25) is 0 Å². The van der Waals surface area contributed by atoms with Gasteiger partial charge >= 0.3 is 0 Å². The minimum absolute atomic E-state index is 0.253. The number of aromatic nitrogens is 1. The van der Waals surface area contributed by atoms with Gasteiger partial charge in [-0.25, -0.2) is 4.98 Å². The van der Waals surface area contributed by atoms with E-state index in [1.54, 1.807) is 23.6 Å². The van der Waals surface area contributed by atoms with Crippen molar-refractivity contribution in [1.82, 2.24) is 4.98 Å². The molecule has 96 valence electrons. The van der Waals surface area contributed by atoms with Gasteiger partial charge in [-0.2, -0.15) is 0 Å². The number of hydrogen-bond donors (Lipinski definition) is 2. The minimum Gasteiger partial charge on any atom is -0.397 e. The van der Waals surface area contributed by atoms with Gasteiger partial charge in [0.2, 0.25) is 0 Å². The number of thiophene rings is 1. The highest BCUT2D eigenvalue weighted by Crippen LogP contribution is 2.30. The molecule has 0 spiro atoms. The zero-order valence-corrected chi connectivity index (χ0v) is 11.8. The van der Waals surface area contributed by atoms with Crippen molar-refractivity contribution in [2.75, 3.05) is 11.1 Å². The Kier molecular flexibility index (Phi) is 4.44. The zero-order valence-electron chi connectivity index (χ0n) is 10.2. The molecule has 0 fully saturated rings. The summed E-state index contributed by atoms with van der Waals surface area (Å²) in [6, 6.07) is 6.16. The van der Waals surface area contributed by atoms with Crippen molar-refractivity contribution in [1.29, 1.82) is 0 Å². The van der Waals surface area contributed by atoms with Crippen molar-refractivity contribution in [2.24, 2.45) is 0 Å². The average Bonchev–Trinajstić information content (AvgIpc) is 2.85. The van der Waals surface area contributed by atoms with Gasteiger partial charge in [0.1, 0.15) is 5.82 Å². The first-order valence-corrected chi connectivity index (χ1v) is 7.17. The van der Waals surface area contributed by atoms with Crippen molar-refractivity contribution in [3.8, 4) is 0 Å². The van der Waals surface area contributed by atoms with Gasteiger partial charge < -0.3 is 11.1 Å². The van der Waals surface area contributed by atoms with Crippen LogP contribution in [0.4, 0.5) is 11.5 Å². The third-order valence-corrected chi connectivity index (χ3v) is 3.91. The zero-order chi connectivity index (χ0) is 13.0. The topological polar surface area (TPSA) is 50.9 Å². The maximum Gasteiger partial charge on any atom is 0.145 e. The standard InChI is InChI=1S/C13H16ClN3S/c1-2-4-11(12-5-3-6-18-12)17-13-10(14)7-9(15)8-16-13/h3,5-8,11H,2,4,15H2,1H3,(H,16,17). The Hall–Kier alpha value is -1.26. The van der Waals surface area contributed by atoms with Crippen LogP contribution in [0, 0.1) is 0 Å². The Morgan fingerprint density at radius 1 is 1.56 bits per heavy atom. The van der Waals surface area contributed by atoms with E-state index in [2.05, 4.69) is 34.7 Å². The van der Waals surface area contributed by atoms with Crippen LogP contribution in [0.15, 0.2) is 29.8 Å². The van der Waals surface area contributed by atoms with Crippen LogP contribution in [0.5, 0.6) is 0 Å². The van der Waals surface area contributed by atoms with E-state index in [1.165, 1.54) is 4.88 Å². The van der Waals surface area contributed by atoms with E-state index < -0.39 is 0 Å². The van der Waals surface area contributed by atoms with Crippen LogP contribution in [0.2, 0.25) is 5.02 Å². The molecule has 0 aliphatic carbocycles. The van der Waals surface area contributed by atoms with Gasteiger partial charge in [0, 0.05) is 4.88 Å². The molecule has 2 heterocycles. The Labute approximate surface area is 116 Å². The second-order valence-electron chi connectivity index (χ2n) is 4.10. The molecule has 0 aromatic carbocycles. The normalized spacial score (nSPS) is 12.3. The van der Waals surface area contributed by atoms with Gasteiger partial charge in [-0.1, -0.05) is 31.0 Å². The van der Waals surface area contributed by atoms with Gasteiger partial charge in [0.05, 0.1) is 22.9 Å². The fraction of sp³-hybridized carbons (Fsp3) is 0.308. The molecule has 0 amide bonds. The summed E-state index contributed by atoms with van der Waals surface area (Å²) in [6.07, 6.45) is 3.76. The van der Waals surface area contributed by atoms with Crippen LogP contribution in [0.1, 0.15) is 30.7 Å². The largest absolute Gasteiger partial charge is 0.397 e. The maximum atomic E-state index is 6.13. The fourth-order valence-electron chi connectivity index (χ4n) is 1.79. The fourth-order valence-corrected chi connectivity index (χ4v) is 2.83.